The Morgan fingerprint density at radius 3 is 2.42 bits per heavy atom. The van der Waals surface area contributed by atoms with Crippen molar-refractivity contribution in [3.63, 3.8) is 0 Å². The van der Waals surface area contributed by atoms with Crippen molar-refractivity contribution in [2.45, 2.75) is 19.1 Å². The molecule has 0 saturated carbocycles. The van der Waals surface area contributed by atoms with Crippen LogP contribution in [0.5, 0.6) is 0 Å². The standard InChI is InChI=1S/C30H27F4N5O/c1-19-23-15-25(31)26(36-13-12-35-2)16-27(23)39(17-21-8-10-22(11-9-21)30(32,33)34)18-24(19)29-37-28(40-38-29)14-20-6-4-3-5-7-20/h3-11,15-16,18,35-36H,1,12-14,17H2,2H3. The number of rotatable bonds is 9. The molecule has 0 amide bonds. The Kier molecular flexibility index (Phi) is 7.70. The Morgan fingerprint density at radius 2 is 1.73 bits per heavy atom. The van der Waals surface area contributed by atoms with Gasteiger partial charge in [0, 0.05) is 37.0 Å². The summed E-state index contributed by atoms with van der Waals surface area (Å²) in [5.74, 6) is 0.241. The van der Waals surface area contributed by atoms with Gasteiger partial charge in [-0.25, -0.2) is 4.39 Å². The number of nitrogens with one attached hydrogen (secondary N) is 2. The van der Waals surface area contributed by atoms with Crippen molar-refractivity contribution in [1.82, 2.24) is 15.5 Å². The first-order valence-electron chi connectivity index (χ1n) is 12.7. The van der Waals surface area contributed by atoms with Crippen molar-refractivity contribution in [3.05, 3.63) is 119 Å². The average Bonchev–Trinajstić information content (AvgIpc) is 3.39. The Bertz CT molecular complexity index is 1530. The molecule has 40 heavy (non-hydrogen) atoms. The van der Waals surface area contributed by atoms with Crippen LogP contribution in [-0.4, -0.2) is 30.3 Å². The highest BCUT2D eigenvalue weighted by Gasteiger charge is 2.30. The number of allylic oxidation sites excluding steroid dienone is 2. The van der Waals surface area contributed by atoms with Crippen LogP contribution in [0.2, 0.25) is 0 Å². The van der Waals surface area contributed by atoms with Crippen LogP contribution in [0.25, 0.3) is 11.1 Å². The predicted octanol–water partition coefficient (Wildman–Crippen LogP) is 6.52. The van der Waals surface area contributed by atoms with Gasteiger partial charge in [-0.2, -0.15) is 18.2 Å². The highest BCUT2D eigenvalue weighted by atomic mass is 19.4. The number of fused-ring (bicyclic) bond motifs is 1. The minimum atomic E-state index is -4.43. The molecule has 0 bridgehead atoms. The highest BCUT2D eigenvalue weighted by molar-refractivity contribution is 6.08. The molecule has 4 aromatic rings. The van der Waals surface area contributed by atoms with Crippen molar-refractivity contribution in [2.75, 3.05) is 30.4 Å². The number of aromatic nitrogens is 2. The Hall–Kier alpha value is -4.44. The number of nitrogens with zero attached hydrogens (tertiary/aromatic N) is 3. The molecule has 1 aromatic heterocycles. The van der Waals surface area contributed by atoms with Crippen molar-refractivity contribution in [2.24, 2.45) is 0 Å². The molecule has 0 radical (unpaired) electrons. The number of hydrogen-bond donors (Lipinski definition) is 2. The number of anilines is 2. The van der Waals surface area contributed by atoms with Crippen LogP contribution in [0.3, 0.4) is 0 Å². The summed E-state index contributed by atoms with van der Waals surface area (Å²) in [5.41, 5.74) is 3.42. The molecule has 5 rings (SSSR count). The summed E-state index contributed by atoms with van der Waals surface area (Å²) in [7, 11) is 1.80. The van der Waals surface area contributed by atoms with E-state index >= 15 is 4.39 Å². The molecule has 6 nitrogen and oxygen atoms in total. The second-order valence-corrected chi connectivity index (χ2v) is 9.40. The van der Waals surface area contributed by atoms with E-state index in [4.69, 9.17) is 4.52 Å². The zero-order valence-corrected chi connectivity index (χ0v) is 21.7. The van der Waals surface area contributed by atoms with Gasteiger partial charge >= 0.3 is 6.18 Å². The van der Waals surface area contributed by atoms with Gasteiger partial charge in [0.2, 0.25) is 11.7 Å². The molecule has 0 fully saturated rings. The molecular formula is C30H27F4N5O. The van der Waals surface area contributed by atoms with Crippen molar-refractivity contribution in [1.29, 1.82) is 0 Å². The number of alkyl halides is 3. The topological polar surface area (TPSA) is 66.2 Å². The van der Waals surface area contributed by atoms with Gasteiger partial charge in [-0.3, -0.25) is 0 Å². The van der Waals surface area contributed by atoms with Crippen LogP contribution < -0.4 is 15.5 Å². The SMILES string of the molecule is C=C1C(c2noc(Cc3ccccc3)n2)=CN(Cc2ccc(C(F)(F)F)cc2)c2cc(NCCNC)c(F)cc21. The van der Waals surface area contributed by atoms with Crippen molar-refractivity contribution in [3.8, 4) is 0 Å². The zero-order chi connectivity index (χ0) is 28.3. The molecule has 1 aliphatic heterocycles. The lowest BCUT2D eigenvalue weighted by Gasteiger charge is -2.31. The lowest BCUT2D eigenvalue weighted by molar-refractivity contribution is -0.137. The number of halogens is 4. The van der Waals surface area contributed by atoms with E-state index < -0.39 is 17.6 Å². The minimum Gasteiger partial charge on any atom is -0.381 e. The summed E-state index contributed by atoms with van der Waals surface area (Å²) in [6.45, 7) is 5.55. The van der Waals surface area contributed by atoms with E-state index in [1.807, 2.05) is 35.2 Å². The summed E-state index contributed by atoms with van der Waals surface area (Å²) < 4.78 is 60.0. The van der Waals surface area contributed by atoms with Gasteiger partial charge in [-0.05, 0) is 48.0 Å². The van der Waals surface area contributed by atoms with Gasteiger partial charge < -0.3 is 20.1 Å². The maximum atomic E-state index is 15.1. The summed E-state index contributed by atoms with van der Waals surface area (Å²) >= 11 is 0. The maximum Gasteiger partial charge on any atom is 0.416 e. The summed E-state index contributed by atoms with van der Waals surface area (Å²) in [6, 6.07) is 17.7. The molecule has 2 heterocycles. The molecule has 0 aliphatic carbocycles. The van der Waals surface area contributed by atoms with Gasteiger partial charge in [0.25, 0.3) is 0 Å². The second-order valence-electron chi connectivity index (χ2n) is 9.40. The van der Waals surface area contributed by atoms with Gasteiger partial charge in [-0.1, -0.05) is 54.2 Å². The molecule has 206 valence electrons. The van der Waals surface area contributed by atoms with Crippen molar-refractivity contribution < 1.29 is 22.1 Å². The molecule has 10 heteroatoms. The normalized spacial score (nSPS) is 13.3. The lowest BCUT2D eigenvalue weighted by Crippen LogP contribution is -2.23. The third-order valence-corrected chi connectivity index (χ3v) is 6.56. The van der Waals surface area contributed by atoms with E-state index in [1.165, 1.54) is 18.2 Å². The Morgan fingerprint density at radius 1 is 0.975 bits per heavy atom. The summed E-state index contributed by atoms with van der Waals surface area (Å²) in [4.78, 5) is 6.38. The number of hydrogen-bond acceptors (Lipinski definition) is 6. The molecule has 3 aromatic carbocycles. The molecule has 0 unspecified atom stereocenters. The quantitative estimate of drug-likeness (QED) is 0.183. The van der Waals surface area contributed by atoms with E-state index in [9.17, 15) is 13.2 Å². The first kappa shape index (κ1) is 27.1. The van der Waals surface area contributed by atoms with Gasteiger partial charge in [-0.15, -0.1) is 0 Å². The minimum absolute atomic E-state index is 0.220. The van der Waals surface area contributed by atoms with Crippen LogP contribution in [-0.2, 0) is 19.1 Å². The third-order valence-electron chi connectivity index (χ3n) is 6.56. The van der Waals surface area contributed by atoms with Gasteiger partial charge in [0.1, 0.15) is 5.82 Å². The van der Waals surface area contributed by atoms with Gasteiger partial charge in [0.15, 0.2) is 0 Å². The van der Waals surface area contributed by atoms with Crippen LogP contribution in [0.4, 0.5) is 28.9 Å². The highest BCUT2D eigenvalue weighted by Crippen LogP contribution is 2.43. The lowest BCUT2D eigenvalue weighted by atomic mass is 9.93. The molecule has 2 N–H and O–H groups in total. The van der Waals surface area contributed by atoms with E-state index in [2.05, 4.69) is 27.4 Å². The molecule has 0 saturated heterocycles. The summed E-state index contributed by atoms with van der Waals surface area (Å²) in [5, 5.41) is 10.2. The fourth-order valence-corrected chi connectivity index (χ4v) is 4.47. The fourth-order valence-electron chi connectivity index (χ4n) is 4.47. The van der Waals surface area contributed by atoms with Crippen LogP contribution >= 0.6 is 0 Å². The number of benzene rings is 3. The third kappa shape index (κ3) is 5.91. The molecular weight excluding hydrogens is 522 g/mol. The predicted molar refractivity (Wildman–Crippen MR) is 147 cm³/mol. The maximum absolute atomic E-state index is 15.1. The average molecular weight is 550 g/mol. The Balaban J connectivity index is 1.50. The largest absolute Gasteiger partial charge is 0.416 e. The first-order valence-corrected chi connectivity index (χ1v) is 12.7. The zero-order valence-electron chi connectivity index (χ0n) is 21.7. The van der Waals surface area contributed by atoms with Crippen LogP contribution in [0, 0.1) is 5.82 Å². The van der Waals surface area contributed by atoms with E-state index in [0.717, 1.165) is 17.7 Å². The summed E-state index contributed by atoms with van der Waals surface area (Å²) in [6.07, 6.45) is -2.22. The first-order chi connectivity index (χ1) is 19.2. The van der Waals surface area contributed by atoms with E-state index in [-0.39, 0.29) is 12.4 Å². The second kappa shape index (κ2) is 11.4. The van der Waals surface area contributed by atoms with Gasteiger partial charge in [0.05, 0.1) is 23.4 Å². The number of likely N-dealkylation sites (N-methyl/N-ethyl adjacent to an activating group) is 1. The molecule has 0 atom stereocenters. The smallest absolute Gasteiger partial charge is 0.381 e. The van der Waals surface area contributed by atoms with E-state index in [0.29, 0.717) is 59.0 Å². The Labute approximate surface area is 229 Å². The molecule has 1 aliphatic rings. The van der Waals surface area contributed by atoms with Crippen LogP contribution in [0.15, 0.2) is 84.0 Å². The monoisotopic (exact) mass is 549 g/mol. The van der Waals surface area contributed by atoms with E-state index in [1.54, 1.807) is 19.3 Å². The van der Waals surface area contributed by atoms with Crippen LogP contribution in [0.1, 0.15) is 34.0 Å². The van der Waals surface area contributed by atoms with Crippen molar-refractivity contribution >= 4 is 22.5 Å². The molecule has 0 spiro atoms. The fraction of sp³-hybridized carbons (Fsp3) is 0.200.